The Bertz CT molecular complexity index is 899. The fourth-order valence-corrected chi connectivity index (χ4v) is 3.31. The minimum atomic E-state index is 0.357. The maximum Gasteiger partial charge on any atom is 0.176 e. The fourth-order valence-electron chi connectivity index (χ4n) is 2.19. The Labute approximate surface area is 169 Å². The molecule has 0 atom stereocenters. The Kier molecular flexibility index (Phi) is 5.96. The number of rotatable bonds is 4. The summed E-state index contributed by atoms with van der Waals surface area (Å²) in [7, 11) is 0. The van der Waals surface area contributed by atoms with Crippen LogP contribution in [0.3, 0.4) is 0 Å². The van der Waals surface area contributed by atoms with Gasteiger partial charge in [0.15, 0.2) is 10.9 Å². The van der Waals surface area contributed by atoms with Crippen molar-refractivity contribution in [1.82, 2.24) is 9.78 Å². The number of hydrogen-bond donors (Lipinski definition) is 2. The highest BCUT2D eigenvalue weighted by Gasteiger charge is 2.10. The van der Waals surface area contributed by atoms with Crippen LogP contribution < -0.4 is 10.6 Å². The van der Waals surface area contributed by atoms with E-state index < -0.39 is 0 Å². The molecule has 0 aliphatic carbocycles. The molecule has 0 aliphatic rings. The van der Waals surface area contributed by atoms with E-state index >= 15 is 0 Å². The molecule has 3 aromatic rings. The number of benzene rings is 2. The van der Waals surface area contributed by atoms with Gasteiger partial charge in [-0.3, -0.25) is 4.68 Å². The minimum Gasteiger partial charge on any atom is -0.331 e. The molecule has 0 bridgehead atoms. The van der Waals surface area contributed by atoms with Crippen LogP contribution in [0.2, 0.25) is 10.0 Å². The molecule has 0 amide bonds. The number of hydrogen-bond acceptors (Lipinski definition) is 2. The molecule has 128 valence electrons. The largest absolute Gasteiger partial charge is 0.331 e. The average molecular weight is 456 g/mol. The van der Waals surface area contributed by atoms with Gasteiger partial charge in [-0.25, -0.2) is 0 Å². The van der Waals surface area contributed by atoms with E-state index in [1.165, 1.54) is 0 Å². The van der Waals surface area contributed by atoms with E-state index in [4.69, 9.17) is 35.4 Å². The van der Waals surface area contributed by atoms with E-state index in [2.05, 4.69) is 31.7 Å². The highest BCUT2D eigenvalue weighted by molar-refractivity contribution is 9.10. The standard InChI is InChI=1S/C17H13BrCl2N4S/c18-12-6-7-15(13(19)8-12)21-17(25)22-16-14(20)10-24(23-16)9-11-4-2-1-3-5-11/h1-8,10H,9H2,(H2,21,22,23,25). The number of nitrogens with zero attached hydrogens (tertiary/aromatic N) is 2. The summed E-state index contributed by atoms with van der Waals surface area (Å²) in [5.74, 6) is 0.489. The molecule has 1 aromatic heterocycles. The van der Waals surface area contributed by atoms with Crippen molar-refractivity contribution < 1.29 is 0 Å². The third kappa shape index (κ3) is 4.95. The predicted molar refractivity (Wildman–Crippen MR) is 112 cm³/mol. The Morgan fingerprint density at radius 1 is 1.08 bits per heavy atom. The van der Waals surface area contributed by atoms with Crippen molar-refractivity contribution >= 4 is 68.0 Å². The molecule has 2 aromatic carbocycles. The molecule has 25 heavy (non-hydrogen) atoms. The Balaban J connectivity index is 1.67. The van der Waals surface area contributed by atoms with Crippen LogP contribution >= 0.6 is 51.3 Å². The van der Waals surface area contributed by atoms with Gasteiger partial charge in [-0.2, -0.15) is 5.10 Å². The minimum absolute atomic E-state index is 0.357. The molecule has 1 heterocycles. The van der Waals surface area contributed by atoms with Gasteiger partial charge < -0.3 is 10.6 Å². The zero-order valence-electron chi connectivity index (χ0n) is 12.8. The SMILES string of the molecule is S=C(Nc1ccc(Br)cc1Cl)Nc1nn(Cc2ccccc2)cc1Cl. The molecule has 0 saturated heterocycles. The van der Waals surface area contributed by atoms with Crippen LogP contribution in [0.4, 0.5) is 11.5 Å². The van der Waals surface area contributed by atoms with E-state index in [-0.39, 0.29) is 0 Å². The van der Waals surface area contributed by atoms with Gasteiger partial charge >= 0.3 is 0 Å². The van der Waals surface area contributed by atoms with Crippen molar-refractivity contribution in [2.75, 3.05) is 10.6 Å². The van der Waals surface area contributed by atoms with E-state index in [0.717, 1.165) is 10.0 Å². The molecule has 8 heteroatoms. The van der Waals surface area contributed by atoms with Gasteiger partial charge in [-0.1, -0.05) is 69.5 Å². The maximum absolute atomic E-state index is 6.24. The zero-order chi connectivity index (χ0) is 17.8. The second-order valence-corrected chi connectivity index (χ2v) is 7.35. The Hall–Kier alpha value is -1.60. The molecule has 0 fully saturated rings. The van der Waals surface area contributed by atoms with Crippen molar-refractivity contribution in [3.8, 4) is 0 Å². The van der Waals surface area contributed by atoms with Gasteiger partial charge in [-0.05, 0) is 36.0 Å². The Morgan fingerprint density at radius 3 is 2.56 bits per heavy atom. The van der Waals surface area contributed by atoms with Gasteiger partial charge in [0.05, 0.1) is 17.3 Å². The van der Waals surface area contributed by atoms with Crippen LogP contribution in [0.15, 0.2) is 59.2 Å². The lowest BCUT2D eigenvalue weighted by Gasteiger charge is -2.10. The normalized spacial score (nSPS) is 10.5. The van der Waals surface area contributed by atoms with Crippen molar-refractivity contribution in [2.24, 2.45) is 0 Å². The number of thiocarbonyl (C=S) groups is 1. The number of halogens is 3. The van der Waals surface area contributed by atoms with Crippen molar-refractivity contribution in [3.63, 3.8) is 0 Å². The zero-order valence-corrected chi connectivity index (χ0v) is 16.8. The first-order valence-corrected chi connectivity index (χ1v) is 9.27. The lowest BCUT2D eigenvalue weighted by atomic mass is 10.2. The monoisotopic (exact) mass is 454 g/mol. The van der Waals surface area contributed by atoms with E-state index in [0.29, 0.717) is 33.2 Å². The average Bonchev–Trinajstić information content (AvgIpc) is 2.90. The molecule has 4 nitrogen and oxygen atoms in total. The molecule has 0 aliphatic heterocycles. The summed E-state index contributed by atoms with van der Waals surface area (Å²) in [4.78, 5) is 0. The molecular formula is C17H13BrCl2N4S. The molecule has 0 radical (unpaired) electrons. The summed E-state index contributed by atoms with van der Waals surface area (Å²) in [5.41, 5.74) is 1.83. The third-order valence-corrected chi connectivity index (χ3v) is 4.60. The highest BCUT2D eigenvalue weighted by atomic mass is 79.9. The first-order valence-electron chi connectivity index (χ1n) is 7.31. The number of nitrogens with one attached hydrogen (secondary N) is 2. The molecule has 0 spiro atoms. The first kappa shape index (κ1) is 18.2. The molecule has 3 rings (SSSR count). The predicted octanol–water partition coefficient (Wildman–Crippen LogP) is 5.81. The lowest BCUT2D eigenvalue weighted by molar-refractivity contribution is 0.690. The van der Waals surface area contributed by atoms with Gasteiger partial charge in [0.25, 0.3) is 0 Å². The Morgan fingerprint density at radius 2 is 1.84 bits per heavy atom. The van der Waals surface area contributed by atoms with E-state index in [1.807, 2.05) is 42.5 Å². The highest BCUT2D eigenvalue weighted by Crippen LogP contribution is 2.26. The summed E-state index contributed by atoms with van der Waals surface area (Å²) in [6.45, 7) is 0.626. The van der Waals surface area contributed by atoms with Crippen molar-refractivity contribution in [2.45, 2.75) is 6.54 Å². The van der Waals surface area contributed by atoms with Crippen molar-refractivity contribution in [3.05, 3.63) is 74.8 Å². The van der Waals surface area contributed by atoms with Crippen LogP contribution in [0, 0.1) is 0 Å². The fraction of sp³-hybridized carbons (Fsp3) is 0.0588. The first-order chi connectivity index (χ1) is 12.0. The molecule has 2 N–H and O–H groups in total. The van der Waals surface area contributed by atoms with Crippen molar-refractivity contribution in [1.29, 1.82) is 0 Å². The molecule has 0 unspecified atom stereocenters. The number of aromatic nitrogens is 2. The second kappa shape index (κ2) is 8.19. The summed E-state index contributed by atoms with van der Waals surface area (Å²) in [5, 5.41) is 11.9. The third-order valence-electron chi connectivity index (χ3n) is 3.32. The van der Waals surface area contributed by atoms with Gasteiger partial charge in [0.1, 0.15) is 5.02 Å². The van der Waals surface area contributed by atoms with Gasteiger partial charge in [0, 0.05) is 10.7 Å². The van der Waals surface area contributed by atoms with Crippen LogP contribution in [0.25, 0.3) is 0 Å². The summed E-state index contributed by atoms with van der Waals surface area (Å²) >= 11 is 21.1. The van der Waals surface area contributed by atoms with Crippen LogP contribution in [0.1, 0.15) is 5.56 Å². The maximum atomic E-state index is 6.24. The van der Waals surface area contributed by atoms with E-state index in [1.54, 1.807) is 16.9 Å². The van der Waals surface area contributed by atoms with E-state index in [9.17, 15) is 0 Å². The summed E-state index contributed by atoms with van der Waals surface area (Å²) in [6.07, 6.45) is 1.76. The molecular weight excluding hydrogens is 443 g/mol. The number of anilines is 2. The summed E-state index contributed by atoms with van der Waals surface area (Å²) < 4.78 is 2.65. The van der Waals surface area contributed by atoms with Gasteiger partial charge in [0.2, 0.25) is 0 Å². The quantitative estimate of drug-likeness (QED) is 0.487. The smallest absolute Gasteiger partial charge is 0.176 e. The van der Waals surface area contributed by atoms with Crippen LogP contribution in [-0.2, 0) is 6.54 Å². The van der Waals surface area contributed by atoms with Crippen LogP contribution in [0.5, 0.6) is 0 Å². The second-order valence-electron chi connectivity index (χ2n) is 5.21. The van der Waals surface area contributed by atoms with Gasteiger partial charge in [-0.15, -0.1) is 0 Å². The summed E-state index contributed by atoms with van der Waals surface area (Å²) in [6, 6.07) is 15.5. The lowest BCUT2D eigenvalue weighted by Crippen LogP contribution is -2.20. The topological polar surface area (TPSA) is 41.9 Å². The van der Waals surface area contributed by atoms with Crippen LogP contribution in [-0.4, -0.2) is 14.9 Å². The molecule has 0 saturated carbocycles.